The van der Waals surface area contributed by atoms with Crippen LogP contribution in [0, 0.1) is 0 Å². The Morgan fingerprint density at radius 1 is 1.28 bits per heavy atom. The average molecular weight is 262 g/mol. The van der Waals surface area contributed by atoms with Crippen molar-refractivity contribution >= 4 is 27.4 Å². The number of esters is 1. The number of hydrogen-bond acceptors (Lipinski definition) is 3. The van der Waals surface area contributed by atoms with Crippen LogP contribution in [-0.4, -0.2) is 12.6 Å². The van der Waals surface area contributed by atoms with Gasteiger partial charge in [-0.3, -0.25) is 0 Å². The Hall–Kier alpha value is -1.35. The summed E-state index contributed by atoms with van der Waals surface area (Å²) in [7, 11) is 0. The van der Waals surface area contributed by atoms with Crippen LogP contribution in [0.1, 0.15) is 42.9 Å². The van der Waals surface area contributed by atoms with E-state index in [-0.39, 0.29) is 11.4 Å². The molecular weight excluding hydrogens is 244 g/mol. The topological polar surface area (TPSA) is 26.3 Å². The van der Waals surface area contributed by atoms with E-state index in [2.05, 4.69) is 26.8 Å². The van der Waals surface area contributed by atoms with Crippen molar-refractivity contribution in [3.63, 3.8) is 0 Å². The Labute approximate surface area is 112 Å². The molecule has 0 atom stereocenters. The third kappa shape index (κ3) is 2.27. The third-order valence-corrected chi connectivity index (χ3v) is 4.35. The second kappa shape index (κ2) is 4.73. The molecule has 96 valence electrons. The fourth-order valence-corrected chi connectivity index (χ4v) is 3.23. The van der Waals surface area contributed by atoms with Gasteiger partial charge < -0.3 is 4.74 Å². The summed E-state index contributed by atoms with van der Waals surface area (Å²) < 4.78 is 6.34. The molecule has 0 spiro atoms. The van der Waals surface area contributed by atoms with E-state index in [1.807, 2.05) is 25.1 Å². The minimum absolute atomic E-state index is 0.0498. The number of hydrogen-bond donors (Lipinski definition) is 0. The fourth-order valence-electron chi connectivity index (χ4n) is 1.98. The Morgan fingerprint density at radius 3 is 2.56 bits per heavy atom. The highest BCUT2D eigenvalue weighted by atomic mass is 32.1. The van der Waals surface area contributed by atoms with E-state index in [0.29, 0.717) is 6.61 Å². The van der Waals surface area contributed by atoms with Gasteiger partial charge >= 0.3 is 5.97 Å². The molecule has 2 aromatic rings. The molecule has 0 N–H and O–H groups in total. The maximum atomic E-state index is 12.2. The van der Waals surface area contributed by atoms with Gasteiger partial charge in [0.15, 0.2) is 0 Å². The van der Waals surface area contributed by atoms with E-state index in [1.54, 1.807) is 11.3 Å². The van der Waals surface area contributed by atoms with Crippen molar-refractivity contribution in [1.29, 1.82) is 0 Å². The SMILES string of the molecule is CCOC(=O)c1c(C(C)(C)C)sc2ccccc12. The molecule has 2 nitrogen and oxygen atoms in total. The Bertz CT molecular complexity index is 576. The predicted octanol–water partition coefficient (Wildman–Crippen LogP) is 4.38. The first kappa shape index (κ1) is 13.1. The van der Waals surface area contributed by atoms with Crippen molar-refractivity contribution in [3.05, 3.63) is 34.7 Å². The van der Waals surface area contributed by atoms with Crippen LogP contribution in [0.4, 0.5) is 0 Å². The molecule has 0 amide bonds. The lowest BCUT2D eigenvalue weighted by atomic mass is 9.90. The van der Waals surface area contributed by atoms with Gasteiger partial charge in [0.25, 0.3) is 0 Å². The highest BCUT2D eigenvalue weighted by molar-refractivity contribution is 7.19. The summed E-state index contributed by atoms with van der Waals surface area (Å²) in [6, 6.07) is 8.01. The summed E-state index contributed by atoms with van der Waals surface area (Å²) in [5.41, 5.74) is 0.691. The molecule has 0 aliphatic heterocycles. The first-order chi connectivity index (χ1) is 8.45. The number of thiophene rings is 1. The van der Waals surface area contributed by atoms with Crippen LogP contribution >= 0.6 is 11.3 Å². The summed E-state index contributed by atoms with van der Waals surface area (Å²) in [6.07, 6.45) is 0. The molecule has 2 rings (SSSR count). The Kier molecular flexibility index (Phi) is 3.44. The second-order valence-corrected chi connectivity index (χ2v) is 6.33. The van der Waals surface area contributed by atoms with E-state index < -0.39 is 0 Å². The standard InChI is InChI=1S/C15H18O2S/c1-5-17-14(16)12-10-8-6-7-9-11(10)18-13(12)15(2,3)4/h6-9H,5H2,1-4H3. The molecule has 1 heterocycles. The maximum Gasteiger partial charge on any atom is 0.339 e. The molecule has 0 radical (unpaired) electrons. The number of fused-ring (bicyclic) bond motifs is 1. The van der Waals surface area contributed by atoms with E-state index in [1.165, 1.54) is 0 Å². The molecule has 0 bridgehead atoms. The molecule has 18 heavy (non-hydrogen) atoms. The lowest BCUT2D eigenvalue weighted by molar-refractivity contribution is 0.0527. The van der Waals surface area contributed by atoms with Gasteiger partial charge in [-0.05, 0) is 18.4 Å². The maximum absolute atomic E-state index is 12.2. The molecule has 1 aromatic heterocycles. The molecule has 1 aromatic carbocycles. The van der Waals surface area contributed by atoms with Crippen LogP contribution in [0.2, 0.25) is 0 Å². The van der Waals surface area contributed by atoms with Crippen LogP contribution < -0.4 is 0 Å². The lowest BCUT2D eigenvalue weighted by Crippen LogP contribution is -2.15. The highest BCUT2D eigenvalue weighted by Crippen LogP contribution is 2.39. The van der Waals surface area contributed by atoms with Crippen molar-refractivity contribution in [1.82, 2.24) is 0 Å². The zero-order valence-electron chi connectivity index (χ0n) is 11.2. The number of rotatable bonds is 2. The van der Waals surface area contributed by atoms with Crippen LogP contribution in [0.3, 0.4) is 0 Å². The third-order valence-electron chi connectivity index (χ3n) is 2.76. The molecule has 0 unspecified atom stereocenters. The van der Waals surface area contributed by atoms with Crippen LogP contribution in [0.15, 0.2) is 24.3 Å². The van der Waals surface area contributed by atoms with Gasteiger partial charge in [-0.2, -0.15) is 0 Å². The van der Waals surface area contributed by atoms with Crippen LogP contribution in [-0.2, 0) is 10.2 Å². The predicted molar refractivity (Wildman–Crippen MR) is 76.5 cm³/mol. The lowest BCUT2D eigenvalue weighted by Gasteiger charge is -2.18. The van der Waals surface area contributed by atoms with E-state index in [4.69, 9.17) is 4.74 Å². The minimum atomic E-state index is -0.208. The quantitative estimate of drug-likeness (QED) is 0.751. The normalized spacial score (nSPS) is 11.8. The average Bonchev–Trinajstić information content (AvgIpc) is 2.68. The van der Waals surface area contributed by atoms with E-state index in [0.717, 1.165) is 20.5 Å². The number of benzene rings is 1. The molecule has 0 saturated carbocycles. The zero-order chi connectivity index (χ0) is 13.3. The van der Waals surface area contributed by atoms with Crippen LogP contribution in [0.5, 0.6) is 0 Å². The molecule has 0 aliphatic rings. The molecule has 3 heteroatoms. The van der Waals surface area contributed by atoms with E-state index >= 15 is 0 Å². The van der Waals surface area contributed by atoms with Crippen molar-refractivity contribution in [2.75, 3.05) is 6.61 Å². The van der Waals surface area contributed by atoms with Gasteiger partial charge in [-0.1, -0.05) is 39.0 Å². The molecular formula is C15H18O2S. The summed E-state index contributed by atoms with van der Waals surface area (Å²) >= 11 is 1.68. The number of ether oxygens (including phenoxy) is 1. The Balaban J connectivity index is 2.69. The number of carbonyl (C=O) groups excluding carboxylic acids is 1. The fraction of sp³-hybridized carbons (Fsp3) is 0.400. The number of carbonyl (C=O) groups is 1. The molecule has 0 fully saturated rings. The summed E-state index contributed by atoms with van der Waals surface area (Å²) in [5, 5.41) is 1.01. The monoisotopic (exact) mass is 262 g/mol. The highest BCUT2D eigenvalue weighted by Gasteiger charge is 2.27. The van der Waals surface area contributed by atoms with Crippen molar-refractivity contribution in [2.45, 2.75) is 33.1 Å². The molecule has 0 aliphatic carbocycles. The summed E-state index contributed by atoms with van der Waals surface area (Å²) in [4.78, 5) is 13.3. The second-order valence-electron chi connectivity index (χ2n) is 5.27. The van der Waals surface area contributed by atoms with Crippen LogP contribution in [0.25, 0.3) is 10.1 Å². The van der Waals surface area contributed by atoms with Gasteiger partial charge in [-0.25, -0.2) is 4.79 Å². The minimum Gasteiger partial charge on any atom is -0.462 e. The molecule has 0 saturated heterocycles. The largest absolute Gasteiger partial charge is 0.462 e. The zero-order valence-corrected chi connectivity index (χ0v) is 12.1. The van der Waals surface area contributed by atoms with Gasteiger partial charge in [-0.15, -0.1) is 11.3 Å². The van der Waals surface area contributed by atoms with Gasteiger partial charge in [0.05, 0.1) is 12.2 Å². The van der Waals surface area contributed by atoms with Crippen molar-refractivity contribution < 1.29 is 9.53 Å². The Morgan fingerprint density at radius 2 is 1.94 bits per heavy atom. The van der Waals surface area contributed by atoms with Crippen molar-refractivity contribution in [3.8, 4) is 0 Å². The van der Waals surface area contributed by atoms with Crippen molar-refractivity contribution in [2.24, 2.45) is 0 Å². The summed E-state index contributed by atoms with van der Waals surface area (Å²) in [6.45, 7) is 8.62. The van der Waals surface area contributed by atoms with Gasteiger partial charge in [0, 0.05) is 15.0 Å². The van der Waals surface area contributed by atoms with Gasteiger partial charge in [0.2, 0.25) is 0 Å². The van der Waals surface area contributed by atoms with Gasteiger partial charge in [0.1, 0.15) is 0 Å². The first-order valence-corrected chi connectivity index (χ1v) is 6.96. The van der Waals surface area contributed by atoms with E-state index in [9.17, 15) is 4.79 Å². The summed E-state index contributed by atoms with van der Waals surface area (Å²) in [5.74, 6) is -0.208. The smallest absolute Gasteiger partial charge is 0.339 e. The first-order valence-electron chi connectivity index (χ1n) is 6.14.